The van der Waals surface area contributed by atoms with Gasteiger partial charge in [-0.05, 0) is 48.5 Å². The summed E-state index contributed by atoms with van der Waals surface area (Å²) in [6.07, 6.45) is 0. The lowest BCUT2D eigenvalue weighted by atomic mass is 10.2. The topological polar surface area (TPSA) is 92.8 Å². The first-order valence-electron chi connectivity index (χ1n) is 8.43. The average molecular weight is 390 g/mol. The number of carbonyl (C=O) groups is 2. The van der Waals surface area contributed by atoms with Gasteiger partial charge >= 0.3 is 5.97 Å². The molecule has 0 atom stereocenters. The summed E-state index contributed by atoms with van der Waals surface area (Å²) in [6.45, 7) is 4.30. The molecule has 0 saturated carbocycles. The molecule has 2 rings (SSSR count). The molecule has 0 unspecified atom stereocenters. The van der Waals surface area contributed by atoms with Crippen LogP contribution in [0.15, 0.2) is 53.4 Å². The van der Waals surface area contributed by atoms with Crippen LogP contribution in [-0.4, -0.2) is 44.8 Å². The molecule has 2 aromatic rings. The first-order valence-corrected chi connectivity index (χ1v) is 9.87. The van der Waals surface area contributed by atoms with Gasteiger partial charge < -0.3 is 10.1 Å². The number of ether oxygens (including phenoxy) is 1. The average Bonchev–Trinajstić information content (AvgIpc) is 2.68. The summed E-state index contributed by atoms with van der Waals surface area (Å²) in [4.78, 5) is 23.9. The normalized spacial score (nSPS) is 11.3. The zero-order valence-electron chi connectivity index (χ0n) is 15.4. The number of nitrogens with zero attached hydrogens (tertiary/aromatic N) is 1. The van der Waals surface area contributed by atoms with Gasteiger partial charge in [0, 0.05) is 24.3 Å². The Hall–Kier alpha value is -2.71. The molecular weight excluding hydrogens is 368 g/mol. The van der Waals surface area contributed by atoms with Crippen LogP contribution in [0.1, 0.15) is 34.6 Å². The van der Waals surface area contributed by atoms with Crippen LogP contribution in [0, 0.1) is 0 Å². The van der Waals surface area contributed by atoms with Crippen LogP contribution >= 0.6 is 0 Å². The van der Waals surface area contributed by atoms with E-state index < -0.39 is 16.0 Å². The van der Waals surface area contributed by atoms with Gasteiger partial charge in [0.2, 0.25) is 10.0 Å². The molecule has 7 nitrogen and oxygen atoms in total. The highest BCUT2D eigenvalue weighted by molar-refractivity contribution is 7.89. The van der Waals surface area contributed by atoms with Crippen LogP contribution < -0.4 is 5.32 Å². The van der Waals surface area contributed by atoms with E-state index in [2.05, 4.69) is 10.1 Å². The summed E-state index contributed by atoms with van der Waals surface area (Å²) in [5, 5.41) is 2.69. The molecule has 0 fully saturated rings. The quantitative estimate of drug-likeness (QED) is 0.734. The third kappa shape index (κ3) is 4.72. The van der Waals surface area contributed by atoms with Gasteiger partial charge in [-0.3, -0.25) is 4.79 Å². The van der Waals surface area contributed by atoms with Crippen molar-refractivity contribution in [3.8, 4) is 0 Å². The minimum absolute atomic E-state index is 0.144. The molecule has 0 aliphatic carbocycles. The van der Waals surface area contributed by atoms with E-state index in [-0.39, 0.29) is 10.8 Å². The Balaban J connectivity index is 2.13. The lowest BCUT2D eigenvalue weighted by molar-refractivity contribution is 0.0600. The van der Waals surface area contributed by atoms with Gasteiger partial charge in [-0.2, -0.15) is 4.31 Å². The van der Waals surface area contributed by atoms with E-state index >= 15 is 0 Å². The van der Waals surface area contributed by atoms with Crippen molar-refractivity contribution in [2.45, 2.75) is 18.7 Å². The fraction of sp³-hybridized carbons (Fsp3) is 0.263. The predicted molar refractivity (Wildman–Crippen MR) is 102 cm³/mol. The summed E-state index contributed by atoms with van der Waals surface area (Å²) < 4.78 is 30.9. The second-order valence-corrected chi connectivity index (χ2v) is 7.57. The lowest BCUT2D eigenvalue weighted by Gasteiger charge is -2.18. The van der Waals surface area contributed by atoms with Crippen LogP contribution in [-0.2, 0) is 14.8 Å². The second-order valence-electron chi connectivity index (χ2n) is 5.64. The molecule has 144 valence electrons. The van der Waals surface area contributed by atoms with Crippen molar-refractivity contribution in [1.82, 2.24) is 4.31 Å². The minimum atomic E-state index is -3.56. The Morgan fingerprint density at radius 1 is 0.926 bits per heavy atom. The molecule has 27 heavy (non-hydrogen) atoms. The van der Waals surface area contributed by atoms with E-state index in [4.69, 9.17) is 0 Å². The number of rotatable bonds is 7. The van der Waals surface area contributed by atoms with E-state index in [0.717, 1.165) is 0 Å². The standard InChI is InChI=1S/C19H22N2O5S/c1-4-21(5-2)27(24,25)17-12-8-14(9-13-17)18(22)20-16-10-6-15(7-11-16)19(23)26-3/h6-13H,4-5H2,1-3H3,(H,20,22). The zero-order valence-corrected chi connectivity index (χ0v) is 16.2. The maximum atomic E-state index is 12.5. The fourth-order valence-corrected chi connectivity index (χ4v) is 3.96. The van der Waals surface area contributed by atoms with Crippen LogP contribution in [0.5, 0.6) is 0 Å². The SMILES string of the molecule is CCN(CC)S(=O)(=O)c1ccc(C(=O)Nc2ccc(C(=O)OC)cc2)cc1. The maximum absolute atomic E-state index is 12.5. The number of esters is 1. The van der Waals surface area contributed by atoms with Crippen LogP contribution in [0.2, 0.25) is 0 Å². The molecule has 0 spiro atoms. The lowest BCUT2D eigenvalue weighted by Crippen LogP contribution is -2.30. The first-order chi connectivity index (χ1) is 12.8. The minimum Gasteiger partial charge on any atom is -0.465 e. The van der Waals surface area contributed by atoms with Gasteiger partial charge in [0.05, 0.1) is 17.6 Å². The number of benzene rings is 2. The van der Waals surface area contributed by atoms with Gasteiger partial charge in [0.25, 0.3) is 5.91 Å². The Morgan fingerprint density at radius 2 is 1.44 bits per heavy atom. The Morgan fingerprint density at radius 3 is 1.93 bits per heavy atom. The number of hydrogen-bond acceptors (Lipinski definition) is 5. The van der Waals surface area contributed by atoms with E-state index in [1.165, 1.54) is 35.7 Å². The smallest absolute Gasteiger partial charge is 0.337 e. The highest BCUT2D eigenvalue weighted by Crippen LogP contribution is 2.17. The third-order valence-corrected chi connectivity index (χ3v) is 6.09. The van der Waals surface area contributed by atoms with E-state index in [1.54, 1.807) is 38.1 Å². The molecule has 0 aliphatic heterocycles. The number of hydrogen-bond donors (Lipinski definition) is 1. The number of anilines is 1. The van der Waals surface area contributed by atoms with Gasteiger partial charge in [0.1, 0.15) is 0 Å². The summed E-state index contributed by atoms with van der Waals surface area (Å²) in [6, 6.07) is 12.0. The summed E-state index contributed by atoms with van der Waals surface area (Å²) in [5.74, 6) is -0.842. The van der Waals surface area contributed by atoms with E-state index in [9.17, 15) is 18.0 Å². The predicted octanol–water partition coefficient (Wildman–Crippen LogP) is 2.76. The summed E-state index contributed by atoms with van der Waals surface area (Å²) >= 11 is 0. The van der Waals surface area contributed by atoms with E-state index in [0.29, 0.717) is 29.9 Å². The monoisotopic (exact) mass is 390 g/mol. The molecule has 0 aliphatic rings. The Labute approximate surface area is 159 Å². The van der Waals surface area contributed by atoms with Crippen molar-refractivity contribution < 1.29 is 22.7 Å². The third-order valence-electron chi connectivity index (χ3n) is 4.02. The molecule has 0 saturated heterocycles. The van der Waals surface area contributed by atoms with Crippen LogP contribution in [0.3, 0.4) is 0 Å². The number of amides is 1. The van der Waals surface area contributed by atoms with Crippen LogP contribution in [0.4, 0.5) is 5.69 Å². The summed E-state index contributed by atoms with van der Waals surface area (Å²) in [7, 11) is -2.27. The van der Waals surface area contributed by atoms with Crippen molar-refractivity contribution in [2.24, 2.45) is 0 Å². The van der Waals surface area contributed by atoms with Gasteiger partial charge in [-0.15, -0.1) is 0 Å². The largest absolute Gasteiger partial charge is 0.465 e. The molecule has 0 aromatic heterocycles. The first kappa shape index (κ1) is 20.6. The maximum Gasteiger partial charge on any atom is 0.337 e. The molecule has 1 amide bonds. The molecule has 0 heterocycles. The molecule has 0 radical (unpaired) electrons. The number of nitrogens with one attached hydrogen (secondary N) is 1. The van der Waals surface area contributed by atoms with Crippen molar-refractivity contribution in [1.29, 1.82) is 0 Å². The molecular formula is C19H22N2O5S. The highest BCUT2D eigenvalue weighted by Gasteiger charge is 2.21. The molecule has 0 bridgehead atoms. The Bertz CT molecular complexity index is 902. The van der Waals surface area contributed by atoms with Crippen LogP contribution in [0.25, 0.3) is 0 Å². The second kappa shape index (κ2) is 8.79. The Kier molecular flexibility index (Phi) is 6.70. The molecule has 2 aromatic carbocycles. The number of sulfonamides is 1. The fourth-order valence-electron chi connectivity index (χ4n) is 2.50. The van der Waals surface area contributed by atoms with Gasteiger partial charge in [-0.25, -0.2) is 13.2 Å². The van der Waals surface area contributed by atoms with Crippen molar-refractivity contribution in [2.75, 3.05) is 25.5 Å². The van der Waals surface area contributed by atoms with Gasteiger partial charge in [-0.1, -0.05) is 13.8 Å². The molecule has 1 N–H and O–H groups in total. The van der Waals surface area contributed by atoms with E-state index in [1.807, 2.05) is 0 Å². The van der Waals surface area contributed by atoms with Crippen molar-refractivity contribution in [3.05, 3.63) is 59.7 Å². The van der Waals surface area contributed by atoms with Gasteiger partial charge in [0.15, 0.2) is 0 Å². The number of methoxy groups -OCH3 is 1. The summed E-state index contributed by atoms with van der Waals surface area (Å²) in [5.41, 5.74) is 1.21. The zero-order chi connectivity index (χ0) is 20.0. The number of carbonyl (C=O) groups excluding carboxylic acids is 2. The van der Waals surface area contributed by atoms with Crippen molar-refractivity contribution in [3.63, 3.8) is 0 Å². The van der Waals surface area contributed by atoms with Crippen molar-refractivity contribution >= 4 is 27.6 Å². The highest BCUT2D eigenvalue weighted by atomic mass is 32.2. The molecule has 8 heteroatoms.